The van der Waals surface area contributed by atoms with E-state index in [0.717, 1.165) is 5.56 Å². The standard InChI is InChI=1S/C16H24FN3O2/c1-16(2,14(21)18-9-10-20(3)4)15(22)19-11-12-5-7-13(17)8-6-12/h5-8H,9-11H2,1-4H3,(H,18,21)(H,19,22). The number of nitrogens with one attached hydrogen (secondary N) is 2. The molecule has 0 aliphatic heterocycles. The largest absolute Gasteiger partial charge is 0.354 e. The highest BCUT2D eigenvalue weighted by molar-refractivity contribution is 6.04. The molecule has 2 N–H and O–H groups in total. The first-order chi connectivity index (χ1) is 10.2. The number of halogens is 1. The lowest BCUT2D eigenvalue weighted by Crippen LogP contribution is -2.48. The third-order valence-electron chi connectivity index (χ3n) is 3.35. The van der Waals surface area contributed by atoms with Gasteiger partial charge in [0, 0.05) is 19.6 Å². The Morgan fingerprint density at radius 2 is 1.64 bits per heavy atom. The van der Waals surface area contributed by atoms with Gasteiger partial charge in [-0.1, -0.05) is 12.1 Å². The van der Waals surface area contributed by atoms with E-state index in [1.807, 2.05) is 19.0 Å². The topological polar surface area (TPSA) is 61.4 Å². The number of hydrogen-bond acceptors (Lipinski definition) is 3. The van der Waals surface area contributed by atoms with Crippen LogP contribution >= 0.6 is 0 Å². The number of likely N-dealkylation sites (N-methyl/N-ethyl adjacent to an activating group) is 1. The van der Waals surface area contributed by atoms with Crippen LogP contribution in [0.5, 0.6) is 0 Å². The van der Waals surface area contributed by atoms with Gasteiger partial charge in [0.2, 0.25) is 11.8 Å². The van der Waals surface area contributed by atoms with Gasteiger partial charge in [0.1, 0.15) is 11.2 Å². The van der Waals surface area contributed by atoms with Crippen LogP contribution in [0.25, 0.3) is 0 Å². The molecule has 5 nitrogen and oxygen atoms in total. The van der Waals surface area contributed by atoms with Gasteiger partial charge >= 0.3 is 0 Å². The lowest BCUT2D eigenvalue weighted by atomic mass is 9.91. The molecule has 1 aromatic rings. The number of rotatable bonds is 7. The van der Waals surface area contributed by atoms with Gasteiger partial charge in [-0.05, 0) is 45.6 Å². The second-order valence-electron chi connectivity index (χ2n) is 5.99. The van der Waals surface area contributed by atoms with Crippen LogP contribution in [0.2, 0.25) is 0 Å². The van der Waals surface area contributed by atoms with E-state index in [1.54, 1.807) is 26.0 Å². The fraction of sp³-hybridized carbons (Fsp3) is 0.500. The molecular weight excluding hydrogens is 285 g/mol. The van der Waals surface area contributed by atoms with Gasteiger partial charge in [-0.2, -0.15) is 0 Å². The summed E-state index contributed by atoms with van der Waals surface area (Å²) in [7, 11) is 3.82. The fourth-order valence-electron chi connectivity index (χ4n) is 1.72. The van der Waals surface area contributed by atoms with Crippen molar-refractivity contribution in [2.24, 2.45) is 5.41 Å². The van der Waals surface area contributed by atoms with Crippen LogP contribution in [0.1, 0.15) is 19.4 Å². The van der Waals surface area contributed by atoms with Crippen LogP contribution in [0, 0.1) is 11.2 Å². The van der Waals surface area contributed by atoms with Crippen molar-refractivity contribution in [1.29, 1.82) is 0 Å². The Morgan fingerprint density at radius 3 is 2.18 bits per heavy atom. The lowest BCUT2D eigenvalue weighted by molar-refractivity contribution is -0.141. The van der Waals surface area contributed by atoms with E-state index in [2.05, 4.69) is 10.6 Å². The molecule has 0 aliphatic rings. The van der Waals surface area contributed by atoms with E-state index < -0.39 is 5.41 Å². The normalized spacial score (nSPS) is 11.4. The molecule has 122 valence electrons. The molecule has 1 rings (SSSR count). The van der Waals surface area contributed by atoms with E-state index in [0.29, 0.717) is 13.1 Å². The van der Waals surface area contributed by atoms with Crippen LogP contribution in [0.4, 0.5) is 4.39 Å². The van der Waals surface area contributed by atoms with Gasteiger partial charge in [0.05, 0.1) is 0 Å². The first-order valence-corrected chi connectivity index (χ1v) is 7.19. The van der Waals surface area contributed by atoms with Crippen molar-refractivity contribution in [1.82, 2.24) is 15.5 Å². The molecule has 0 saturated heterocycles. The van der Waals surface area contributed by atoms with Crippen molar-refractivity contribution in [3.63, 3.8) is 0 Å². The Labute approximate surface area is 130 Å². The monoisotopic (exact) mass is 309 g/mol. The predicted molar refractivity (Wildman–Crippen MR) is 83.6 cm³/mol. The fourth-order valence-corrected chi connectivity index (χ4v) is 1.72. The maximum Gasteiger partial charge on any atom is 0.235 e. The minimum absolute atomic E-state index is 0.257. The van der Waals surface area contributed by atoms with Crippen LogP contribution in [0.3, 0.4) is 0 Å². The molecule has 0 aromatic heterocycles. The average Bonchev–Trinajstić information content (AvgIpc) is 2.45. The minimum Gasteiger partial charge on any atom is -0.354 e. The van der Waals surface area contributed by atoms with Gasteiger partial charge in [-0.3, -0.25) is 9.59 Å². The van der Waals surface area contributed by atoms with Crippen molar-refractivity contribution >= 4 is 11.8 Å². The Kier molecular flexibility index (Phi) is 6.49. The van der Waals surface area contributed by atoms with Crippen LogP contribution in [-0.2, 0) is 16.1 Å². The molecule has 6 heteroatoms. The molecule has 0 radical (unpaired) electrons. The van der Waals surface area contributed by atoms with E-state index in [4.69, 9.17) is 0 Å². The molecule has 0 heterocycles. The average molecular weight is 309 g/mol. The molecule has 0 spiro atoms. The van der Waals surface area contributed by atoms with E-state index in [1.165, 1.54) is 12.1 Å². The molecule has 2 amide bonds. The zero-order chi connectivity index (χ0) is 16.8. The molecule has 0 fully saturated rings. The first kappa shape index (κ1) is 18.1. The molecule has 0 atom stereocenters. The summed E-state index contributed by atoms with van der Waals surface area (Å²) in [5, 5.41) is 5.46. The Morgan fingerprint density at radius 1 is 1.09 bits per heavy atom. The smallest absolute Gasteiger partial charge is 0.235 e. The summed E-state index contributed by atoms with van der Waals surface area (Å²) in [4.78, 5) is 26.2. The third-order valence-corrected chi connectivity index (χ3v) is 3.35. The van der Waals surface area contributed by atoms with Gasteiger partial charge < -0.3 is 15.5 Å². The molecule has 1 aromatic carbocycles. The molecule has 0 aliphatic carbocycles. The van der Waals surface area contributed by atoms with Crippen molar-refractivity contribution < 1.29 is 14.0 Å². The van der Waals surface area contributed by atoms with Gasteiger partial charge in [-0.15, -0.1) is 0 Å². The Hall–Kier alpha value is -1.95. The number of hydrogen-bond donors (Lipinski definition) is 2. The number of carbonyl (C=O) groups excluding carboxylic acids is 2. The number of benzene rings is 1. The summed E-state index contributed by atoms with van der Waals surface area (Å²) in [5.74, 6) is -0.999. The van der Waals surface area contributed by atoms with Crippen molar-refractivity contribution in [3.8, 4) is 0 Å². The van der Waals surface area contributed by atoms with Crippen LogP contribution in [-0.4, -0.2) is 43.9 Å². The predicted octanol–water partition coefficient (Wildman–Crippen LogP) is 1.15. The zero-order valence-corrected chi connectivity index (χ0v) is 13.6. The van der Waals surface area contributed by atoms with Crippen LogP contribution < -0.4 is 10.6 Å². The Bertz CT molecular complexity index is 513. The highest BCUT2D eigenvalue weighted by Crippen LogP contribution is 2.15. The van der Waals surface area contributed by atoms with Gasteiger partial charge in [-0.25, -0.2) is 4.39 Å². The lowest BCUT2D eigenvalue weighted by Gasteiger charge is -2.23. The second kappa shape index (κ2) is 7.89. The second-order valence-corrected chi connectivity index (χ2v) is 5.99. The SMILES string of the molecule is CN(C)CCNC(=O)C(C)(C)C(=O)NCc1ccc(F)cc1. The van der Waals surface area contributed by atoms with Crippen molar-refractivity contribution in [2.45, 2.75) is 20.4 Å². The summed E-state index contributed by atoms with van der Waals surface area (Å²) < 4.78 is 12.8. The first-order valence-electron chi connectivity index (χ1n) is 7.19. The summed E-state index contributed by atoms with van der Waals surface area (Å²) in [6, 6.07) is 5.86. The Balaban J connectivity index is 2.50. The van der Waals surface area contributed by atoms with Crippen molar-refractivity contribution in [2.75, 3.05) is 27.2 Å². The summed E-state index contributed by atoms with van der Waals surface area (Å²) in [6.07, 6.45) is 0. The van der Waals surface area contributed by atoms with Crippen molar-refractivity contribution in [3.05, 3.63) is 35.6 Å². The summed E-state index contributed by atoms with van der Waals surface area (Å²) in [5.41, 5.74) is -0.384. The molecule has 0 unspecified atom stereocenters. The molecular formula is C16H24FN3O2. The van der Waals surface area contributed by atoms with E-state index >= 15 is 0 Å². The zero-order valence-electron chi connectivity index (χ0n) is 13.6. The summed E-state index contributed by atoms with van der Waals surface area (Å²) in [6.45, 7) is 4.61. The van der Waals surface area contributed by atoms with Gasteiger partial charge in [0.25, 0.3) is 0 Å². The maximum absolute atomic E-state index is 12.8. The number of amides is 2. The molecule has 22 heavy (non-hydrogen) atoms. The summed E-state index contributed by atoms with van der Waals surface area (Å²) >= 11 is 0. The van der Waals surface area contributed by atoms with Crippen LogP contribution in [0.15, 0.2) is 24.3 Å². The molecule has 0 saturated carbocycles. The quantitative estimate of drug-likeness (QED) is 0.743. The maximum atomic E-state index is 12.8. The highest BCUT2D eigenvalue weighted by atomic mass is 19.1. The highest BCUT2D eigenvalue weighted by Gasteiger charge is 2.35. The minimum atomic E-state index is -1.16. The number of carbonyl (C=O) groups is 2. The molecule has 0 bridgehead atoms. The number of nitrogens with zero attached hydrogens (tertiary/aromatic N) is 1. The van der Waals surface area contributed by atoms with E-state index in [9.17, 15) is 14.0 Å². The van der Waals surface area contributed by atoms with E-state index in [-0.39, 0.29) is 24.2 Å². The van der Waals surface area contributed by atoms with Gasteiger partial charge in [0.15, 0.2) is 0 Å². The third kappa shape index (κ3) is 5.44.